The fraction of sp³-hybridized carbons (Fsp3) is 0.588. The van der Waals surface area contributed by atoms with Gasteiger partial charge in [0.2, 0.25) is 11.7 Å². The van der Waals surface area contributed by atoms with E-state index in [9.17, 15) is 9.90 Å². The zero-order valence-electron chi connectivity index (χ0n) is 14.7. The Morgan fingerprint density at radius 1 is 1.40 bits per heavy atom. The summed E-state index contributed by atoms with van der Waals surface area (Å²) in [5.41, 5.74) is -0.00818. The number of carbonyl (C=O) groups excluding carboxylic acids is 1. The van der Waals surface area contributed by atoms with Crippen molar-refractivity contribution in [3.8, 4) is 5.88 Å². The molecule has 25 heavy (non-hydrogen) atoms. The number of carbonyl (C=O) groups is 1. The summed E-state index contributed by atoms with van der Waals surface area (Å²) in [4.78, 5) is 20.9. The van der Waals surface area contributed by atoms with Crippen LogP contribution in [0.15, 0.2) is 12.4 Å². The van der Waals surface area contributed by atoms with Crippen LogP contribution < -0.4 is 4.74 Å². The molecule has 8 nitrogen and oxygen atoms in total. The van der Waals surface area contributed by atoms with Crippen LogP contribution in [0.5, 0.6) is 5.88 Å². The molecule has 1 atom stereocenters. The summed E-state index contributed by atoms with van der Waals surface area (Å²) in [7, 11) is 1.31. The van der Waals surface area contributed by atoms with Gasteiger partial charge in [-0.25, -0.2) is 9.78 Å². The summed E-state index contributed by atoms with van der Waals surface area (Å²) in [6, 6.07) is 0. The van der Waals surface area contributed by atoms with E-state index < -0.39 is 11.6 Å². The number of aliphatic hydroxyl groups excluding tert-OH is 1. The molecule has 0 amide bonds. The quantitative estimate of drug-likeness (QED) is 0.821. The van der Waals surface area contributed by atoms with Crippen LogP contribution in [0.1, 0.15) is 49.2 Å². The van der Waals surface area contributed by atoms with Gasteiger partial charge in [-0.2, -0.15) is 4.98 Å². The number of rotatable bonds is 5. The first-order valence-electron chi connectivity index (χ1n) is 8.39. The highest BCUT2D eigenvalue weighted by molar-refractivity contribution is 5.91. The molecule has 1 fully saturated rings. The van der Waals surface area contributed by atoms with Crippen molar-refractivity contribution in [3.05, 3.63) is 23.7 Å². The first kappa shape index (κ1) is 17.6. The van der Waals surface area contributed by atoms with Crippen molar-refractivity contribution in [2.45, 2.75) is 44.8 Å². The van der Waals surface area contributed by atoms with Gasteiger partial charge in [0, 0.05) is 19.0 Å². The van der Waals surface area contributed by atoms with Gasteiger partial charge in [0.05, 0.1) is 25.5 Å². The number of ether oxygens (including phenoxy) is 3. The molecule has 136 valence electrons. The molecule has 0 radical (unpaired) electrons. The second kappa shape index (κ2) is 6.97. The lowest BCUT2D eigenvalue weighted by Gasteiger charge is -2.34. The summed E-state index contributed by atoms with van der Waals surface area (Å²) in [5.74, 6) is 0.0144. The number of nitrogens with zero attached hydrogens (tertiary/aromatic N) is 3. The minimum absolute atomic E-state index is 0.154. The molecule has 1 aliphatic rings. The SMILES string of the molecule is COC(=O)c1cn2cc([C@]3(CO)CCCCO3)nc2nc1OC(C)C. The van der Waals surface area contributed by atoms with E-state index in [1.54, 1.807) is 16.8 Å². The summed E-state index contributed by atoms with van der Waals surface area (Å²) < 4.78 is 17.9. The van der Waals surface area contributed by atoms with Gasteiger partial charge in [-0.3, -0.25) is 4.40 Å². The lowest BCUT2D eigenvalue weighted by molar-refractivity contribution is -0.116. The number of aromatic nitrogens is 3. The van der Waals surface area contributed by atoms with Crippen LogP contribution in [-0.4, -0.2) is 51.9 Å². The predicted molar refractivity (Wildman–Crippen MR) is 88.7 cm³/mol. The predicted octanol–water partition coefficient (Wildman–Crippen LogP) is 1.69. The Balaban J connectivity index is 2.08. The van der Waals surface area contributed by atoms with Crippen LogP contribution >= 0.6 is 0 Å². The third-order valence-electron chi connectivity index (χ3n) is 4.24. The standard InChI is InChI=1S/C17H23N3O5/c1-11(2)25-14-12(15(22)23-3)8-20-9-13(18-16(20)19-14)17(10-21)6-4-5-7-24-17/h8-9,11,21H,4-7,10H2,1-3H3/t17-/m1/s1. The fourth-order valence-corrected chi connectivity index (χ4v) is 2.95. The average Bonchev–Trinajstić information content (AvgIpc) is 3.04. The lowest BCUT2D eigenvalue weighted by atomic mass is 9.92. The van der Waals surface area contributed by atoms with Crippen molar-refractivity contribution in [1.29, 1.82) is 0 Å². The summed E-state index contributed by atoms with van der Waals surface area (Å²) in [5, 5.41) is 9.88. The molecule has 0 unspecified atom stereocenters. The normalized spacial score (nSPS) is 20.8. The van der Waals surface area contributed by atoms with Crippen LogP contribution in [0.3, 0.4) is 0 Å². The number of aliphatic hydroxyl groups is 1. The van der Waals surface area contributed by atoms with Gasteiger partial charge < -0.3 is 19.3 Å². The Hall–Kier alpha value is -2.19. The van der Waals surface area contributed by atoms with Gasteiger partial charge in [-0.15, -0.1) is 0 Å². The number of hydrogen-bond acceptors (Lipinski definition) is 7. The van der Waals surface area contributed by atoms with E-state index in [-0.39, 0.29) is 24.2 Å². The van der Waals surface area contributed by atoms with E-state index in [4.69, 9.17) is 14.2 Å². The highest BCUT2D eigenvalue weighted by Gasteiger charge is 2.37. The second-order valence-electron chi connectivity index (χ2n) is 6.41. The molecule has 3 rings (SSSR count). The monoisotopic (exact) mass is 349 g/mol. The minimum atomic E-state index is -0.823. The van der Waals surface area contributed by atoms with Crippen molar-refractivity contribution >= 4 is 11.7 Å². The van der Waals surface area contributed by atoms with Crippen molar-refractivity contribution in [1.82, 2.24) is 14.4 Å². The van der Waals surface area contributed by atoms with Gasteiger partial charge in [0.25, 0.3) is 0 Å². The third-order valence-corrected chi connectivity index (χ3v) is 4.24. The molecular formula is C17H23N3O5. The molecule has 8 heteroatoms. The Bertz CT molecular complexity index is 765. The second-order valence-corrected chi connectivity index (χ2v) is 6.41. The number of methoxy groups -OCH3 is 1. The maximum atomic E-state index is 12.0. The number of hydrogen-bond donors (Lipinski definition) is 1. The molecule has 2 aromatic heterocycles. The molecule has 0 aromatic carbocycles. The lowest BCUT2D eigenvalue weighted by Crippen LogP contribution is -2.37. The maximum absolute atomic E-state index is 12.0. The summed E-state index contributed by atoms with van der Waals surface area (Å²) >= 11 is 0. The third kappa shape index (κ3) is 3.32. The van der Waals surface area contributed by atoms with E-state index >= 15 is 0 Å². The molecule has 1 N–H and O–H groups in total. The molecule has 1 aliphatic heterocycles. The Labute approximate surface area is 145 Å². The van der Waals surface area contributed by atoms with E-state index in [1.807, 2.05) is 13.8 Å². The van der Waals surface area contributed by atoms with Gasteiger partial charge in [-0.1, -0.05) is 0 Å². The van der Waals surface area contributed by atoms with Crippen molar-refractivity contribution in [2.75, 3.05) is 20.3 Å². The fourth-order valence-electron chi connectivity index (χ4n) is 2.95. The van der Waals surface area contributed by atoms with E-state index in [2.05, 4.69) is 9.97 Å². The Kier molecular flexibility index (Phi) is 4.91. The van der Waals surface area contributed by atoms with Crippen LogP contribution in [0.2, 0.25) is 0 Å². The maximum Gasteiger partial charge on any atom is 0.344 e. The number of fused-ring (bicyclic) bond motifs is 1. The van der Waals surface area contributed by atoms with Gasteiger partial charge >= 0.3 is 5.97 Å². The molecule has 0 aliphatic carbocycles. The van der Waals surface area contributed by atoms with E-state index in [0.717, 1.165) is 12.8 Å². The zero-order chi connectivity index (χ0) is 18.0. The van der Waals surface area contributed by atoms with Crippen LogP contribution in [0.25, 0.3) is 5.78 Å². The summed E-state index contributed by atoms with van der Waals surface area (Å²) in [6.07, 6.45) is 5.76. The van der Waals surface area contributed by atoms with E-state index in [0.29, 0.717) is 24.5 Å². The van der Waals surface area contributed by atoms with Crippen molar-refractivity contribution in [2.24, 2.45) is 0 Å². The van der Waals surface area contributed by atoms with Gasteiger partial charge in [0.15, 0.2) is 0 Å². The van der Waals surface area contributed by atoms with Crippen LogP contribution in [0, 0.1) is 0 Å². The van der Waals surface area contributed by atoms with Crippen LogP contribution in [-0.2, 0) is 15.1 Å². The molecule has 0 saturated carbocycles. The van der Waals surface area contributed by atoms with E-state index in [1.165, 1.54) is 7.11 Å². The van der Waals surface area contributed by atoms with Gasteiger partial charge in [0.1, 0.15) is 11.2 Å². The topological polar surface area (TPSA) is 95.2 Å². The first-order chi connectivity index (χ1) is 12.0. The first-order valence-corrected chi connectivity index (χ1v) is 8.39. The molecule has 2 aromatic rings. The smallest absolute Gasteiger partial charge is 0.344 e. The number of imidazole rings is 1. The molecular weight excluding hydrogens is 326 g/mol. The minimum Gasteiger partial charge on any atom is -0.474 e. The largest absolute Gasteiger partial charge is 0.474 e. The molecule has 1 saturated heterocycles. The average molecular weight is 349 g/mol. The van der Waals surface area contributed by atoms with Gasteiger partial charge in [-0.05, 0) is 33.1 Å². The van der Waals surface area contributed by atoms with Crippen molar-refractivity contribution < 1.29 is 24.1 Å². The number of esters is 1. The molecule has 0 spiro atoms. The Morgan fingerprint density at radius 3 is 2.80 bits per heavy atom. The highest BCUT2D eigenvalue weighted by Crippen LogP contribution is 2.34. The van der Waals surface area contributed by atoms with Crippen LogP contribution in [0.4, 0.5) is 0 Å². The molecule has 0 bridgehead atoms. The van der Waals surface area contributed by atoms with Crippen molar-refractivity contribution in [3.63, 3.8) is 0 Å². The Morgan fingerprint density at radius 2 is 2.20 bits per heavy atom. The summed E-state index contributed by atoms with van der Waals surface area (Å²) in [6.45, 7) is 4.12. The zero-order valence-corrected chi connectivity index (χ0v) is 14.7. The molecule has 3 heterocycles. The highest BCUT2D eigenvalue weighted by atomic mass is 16.5.